The summed E-state index contributed by atoms with van der Waals surface area (Å²) < 4.78 is 62.8. The smallest absolute Gasteiger partial charge is 0.449 e. The minimum atomic E-state index is -4.85. The lowest BCUT2D eigenvalue weighted by atomic mass is 10.1. The number of nitrogens with zero attached hydrogens (tertiary/aromatic N) is 2. The number of carbonyl (C=O) groups is 1. The maximum Gasteiger partial charge on any atom is 0.449 e. The topological polar surface area (TPSA) is 70.4 Å². The highest BCUT2D eigenvalue weighted by Crippen LogP contribution is 2.33. The summed E-state index contributed by atoms with van der Waals surface area (Å²) in [4.78, 5) is 26.9. The third kappa shape index (κ3) is 4.21. The number of benzene rings is 1. The molecule has 0 bridgehead atoms. The van der Waals surface area contributed by atoms with Gasteiger partial charge in [0, 0.05) is 18.8 Å². The van der Waals surface area contributed by atoms with E-state index in [2.05, 4.69) is 9.72 Å². The summed E-state index contributed by atoms with van der Waals surface area (Å²) in [5.41, 5.74) is -1.94. The minimum Gasteiger partial charge on any atom is -0.477 e. The summed E-state index contributed by atoms with van der Waals surface area (Å²) in [6, 6.07) is 1.82. The van der Waals surface area contributed by atoms with Gasteiger partial charge in [-0.05, 0) is 19.1 Å². The highest BCUT2D eigenvalue weighted by Gasteiger charge is 2.36. The molecule has 27 heavy (non-hydrogen) atoms. The van der Waals surface area contributed by atoms with E-state index < -0.39 is 41.0 Å². The molecule has 146 valence electrons. The molecule has 1 aromatic heterocycles. The molecular formula is C16H13ClF4N2O4. The number of rotatable bonds is 4. The first-order valence-corrected chi connectivity index (χ1v) is 7.72. The number of aromatic nitrogens is 2. The Morgan fingerprint density at radius 3 is 2.48 bits per heavy atom. The van der Waals surface area contributed by atoms with Crippen molar-refractivity contribution >= 4 is 17.6 Å². The summed E-state index contributed by atoms with van der Waals surface area (Å²) in [6.45, 7) is 1.35. The van der Waals surface area contributed by atoms with Gasteiger partial charge in [0.1, 0.15) is 11.6 Å². The van der Waals surface area contributed by atoms with Gasteiger partial charge in [0.2, 0.25) is 5.82 Å². The lowest BCUT2D eigenvalue weighted by molar-refractivity contribution is -0.148. The lowest BCUT2D eigenvalue weighted by Crippen LogP contribution is -2.28. The van der Waals surface area contributed by atoms with Gasteiger partial charge >= 0.3 is 12.1 Å². The minimum absolute atomic E-state index is 0.159. The van der Waals surface area contributed by atoms with Crippen LogP contribution in [0.1, 0.15) is 12.7 Å². The van der Waals surface area contributed by atoms with Crippen molar-refractivity contribution in [2.24, 2.45) is 7.05 Å². The monoisotopic (exact) mass is 408 g/mol. The van der Waals surface area contributed by atoms with Crippen LogP contribution in [0.25, 0.3) is 11.1 Å². The van der Waals surface area contributed by atoms with Crippen molar-refractivity contribution in [2.45, 2.75) is 19.2 Å². The molecule has 1 atom stereocenters. The van der Waals surface area contributed by atoms with Crippen LogP contribution >= 0.6 is 11.6 Å². The van der Waals surface area contributed by atoms with E-state index in [4.69, 9.17) is 16.3 Å². The van der Waals surface area contributed by atoms with Gasteiger partial charge in [0.05, 0.1) is 17.7 Å². The van der Waals surface area contributed by atoms with E-state index in [0.717, 1.165) is 26.3 Å². The van der Waals surface area contributed by atoms with E-state index in [9.17, 15) is 27.2 Å². The zero-order valence-corrected chi connectivity index (χ0v) is 15.0. The Labute approximate surface area is 155 Å². The molecule has 1 heterocycles. The molecule has 0 aliphatic rings. The van der Waals surface area contributed by atoms with Crippen LogP contribution in [0.5, 0.6) is 5.75 Å². The van der Waals surface area contributed by atoms with Crippen molar-refractivity contribution in [1.29, 1.82) is 0 Å². The summed E-state index contributed by atoms with van der Waals surface area (Å²) in [5, 5.41) is -0.205. The average molecular weight is 409 g/mol. The Morgan fingerprint density at radius 2 is 1.93 bits per heavy atom. The van der Waals surface area contributed by atoms with Crippen molar-refractivity contribution < 1.29 is 31.8 Å². The Bertz CT molecular complexity index is 943. The van der Waals surface area contributed by atoms with E-state index in [1.165, 1.54) is 6.92 Å². The predicted octanol–water partition coefficient (Wildman–Crippen LogP) is 3.20. The fraction of sp³-hybridized carbons (Fsp3) is 0.312. The van der Waals surface area contributed by atoms with Crippen LogP contribution in [0, 0.1) is 5.82 Å². The van der Waals surface area contributed by atoms with Crippen molar-refractivity contribution in [3.63, 3.8) is 0 Å². The van der Waals surface area contributed by atoms with Crippen LogP contribution < -0.4 is 10.3 Å². The number of hydrogen-bond donors (Lipinski definition) is 0. The number of methoxy groups -OCH3 is 1. The Hall–Kier alpha value is -2.62. The summed E-state index contributed by atoms with van der Waals surface area (Å²) in [7, 11) is 2.00. The highest BCUT2D eigenvalue weighted by molar-refractivity contribution is 6.32. The maximum atomic E-state index is 14.3. The van der Waals surface area contributed by atoms with Gasteiger partial charge in [-0.1, -0.05) is 11.6 Å². The summed E-state index contributed by atoms with van der Waals surface area (Å²) in [5.74, 6) is -3.30. The number of hydrogen-bond acceptors (Lipinski definition) is 5. The van der Waals surface area contributed by atoms with Gasteiger partial charge in [-0.25, -0.2) is 14.2 Å². The quantitative estimate of drug-likeness (QED) is 0.574. The fourth-order valence-corrected chi connectivity index (χ4v) is 2.42. The molecule has 0 radical (unpaired) electrons. The van der Waals surface area contributed by atoms with Crippen molar-refractivity contribution in [3.05, 3.63) is 45.3 Å². The van der Waals surface area contributed by atoms with E-state index >= 15 is 0 Å². The Kier molecular flexibility index (Phi) is 5.79. The zero-order chi connectivity index (χ0) is 20.5. The van der Waals surface area contributed by atoms with Crippen LogP contribution in [0.3, 0.4) is 0 Å². The summed E-state index contributed by atoms with van der Waals surface area (Å²) in [6.07, 6.45) is -5.33. The van der Waals surface area contributed by atoms with E-state index in [-0.39, 0.29) is 20.9 Å². The normalized spacial score (nSPS) is 12.6. The molecule has 2 rings (SSSR count). The second kappa shape index (κ2) is 7.55. The number of alkyl halides is 3. The van der Waals surface area contributed by atoms with Crippen molar-refractivity contribution in [3.8, 4) is 16.9 Å². The van der Waals surface area contributed by atoms with Crippen molar-refractivity contribution in [1.82, 2.24) is 9.55 Å². The first kappa shape index (κ1) is 20.7. The lowest BCUT2D eigenvalue weighted by Gasteiger charge is -2.16. The predicted molar refractivity (Wildman–Crippen MR) is 87.0 cm³/mol. The van der Waals surface area contributed by atoms with Gasteiger partial charge in [0.25, 0.3) is 5.56 Å². The van der Waals surface area contributed by atoms with Crippen LogP contribution in [0.2, 0.25) is 5.02 Å². The fourth-order valence-electron chi connectivity index (χ4n) is 2.22. The molecule has 0 aliphatic carbocycles. The molecule has 1 aromatic carbocycles. The molecule has 0 N–H and O–H groups in total. The standard InChI is InChI=1S/C16H13ClF4N2O4/c1-7(14(25)26-3)27-12-4-8(11(18)5-10(12)17)9-6-22-15(16(19,20)21)23(2)13(9)24/h4-7H,1-3H3. The third-order valence-electron chi connectivity index (χ3n) is 3.57. The van der Waals surface area contributed by atoms with Crippen LogP contribution in [0.15, 0.2) is 23.1 Å². The maximum absolute atomic E-state index is 14.3. The zero-order valence-electron chi connectivity index (χ0n) is 14.2. The molecule has 0 fully saturated rings. The molecule has 0 spiro atoms. The molecule has 1 unspecified atom stereocenters. The van der Waals surface area contributed by atoms with Gasteiger partial charge in [0.15, 0.2) is 6.10 Å². The van der Waals surface area contributed by atoms with E-state index in [1.807, 2.05) is 0 Å². The number of esters is 1. The first-order valence-electron chi connectivity index (χ1n) is 7.34. The molecule has 0 amide bonds. The second-order valence-corrected chi connectivity index (χ2v) is 5.81. The van der Waals surface area contributed by atoms with E-state index in [1.54, 1.807) is 0 Å². The van der Waals surface area contributed by atoms with Gasteiger partial charge in [-0.15, -0.1) is 0 Å². The van der Waals surface area contributed by atoms with Crippen molar-refractivity contribution in [2.75, 3.05) is 7.11 Å². The second-order valence-electron chi connectivity index (χ2n) is 5.40. The van der Waals surface area contributed by atoms with Crippen LogP contribution in [-0.4, -0.2) is 28.7 Å². The summed E-state index contributed by atoms with van der Waals surface area (Å²) >= 11 is 5.87. The molecule has 0 saturated carbocycles. The van der Waals surface area contributed by atoms with Crippen LogP contribution in [0.4, 0.5) is 17.6 Å². The van der Waals surface area contributed by atoms with Crippen LogP contribution in [-0.2, 0) is 22.8 Å². The van der Waals surface area contributed by atoms with E-state index in [0.29, 0.717) is 6.20 Å². The number of carbonyl (C=O) groups excluding carboxylic acids is 1. The Balaban J connectivity index is 2.57. The molecular weight excluding hydrogens is 396 g/mol. The van der Waals surface area contributed by atoms with Gasteiger partial charge in [-0.2, -0.15) is 13.2 Å². The first-order chi connectivity index (χ1) is 12.5. The third-order valence-corrected chi connectivity index (χ3v) is 3.87. The molecule has 2 aromatic rings. The number of halogens is 5. The Morgan fingerprint density at radius 1 is 1.30 bits per heavy atom. The molecule has 0 saturated heterocycles. The molecule has 6 nitrogen and oxygen atoms in total. The largest absolute Gasteiger partial charge is 0.477 e. The number of ether oxygens (including phenoxy) is 2. The SMILES string of the molecule is COC(=O)C(C)Oc1cc(-c2cnc(C(F)(F)F)n(C)c2=O)c(F)cc1Cl. The van der Waals surface area contributed by atoms with Gasteiger partial charge in [-0.3, -0.25) is 9.36 Å². The van der Waals surface area contributed by atoms with Gasteiger partial charge < -0.3 is 9.47 Å². The highest BCUT2D eigenvalue weighted by atomic mass is 35.5. The average Bonchev–Trinajstić information content (AvgIpc) is 2.58. The molecule has 0 aliphatic heterocycles. The molecule has 11 heteroatoms.